The Kier molecular flexibility index (Phi) is 5.84. The second-order valence-electron chi connectivity index (χ2n) is 5.97. The van der Waals surface area contributed by atoms with Crippen LogP contribution in [0.2, 0.25) is 0 Å². The van der Waals surface area contributed by atoms with E-state index in [1.165, 1.54) is 21.6 Å². The van der Waals surface area contributed by atoms with Crippen molar-refractivity contribution in [1.82, 2.24) is 5.32 Å². The molecule has 128 valence electrons. The Balaban J connectivity index is 1.80. The van der Waals surface area contributed by atoms with Gasteiger partial charge >= 0.3 is 0 Å². The Labute approximate surface area is 158 Å². The van der Waals surface area contributed by atoms with Crippen LogP contribution < -0.4 is 10.6 Å². The van der Waals surface area contributed by atoms with Crippen LogP contribution in [0.3, 0.4) is 0 Å². The second kappa shape index (κ2) is 8.28. The van der Waals surface area contributed by atoms with Crippen molar-refractivity contribution in [1.29, 1.82) is 0 Å². The largest absolute Gasteiger partial charge is 0.351 e. The number of nitrogens with one attached hydrogen (secondary N) is 2. The monoisotopic (exact) mass is 366 g/mol. The number of hydrogen-bond donors (Lipinski definition) is 2. The minimum atomic E-state index is 0.0504. The summed E-state index contributed by atoms with van der Waals surface area (Å²) in [7, 11) is 0. The van der Waals surface area contributed by atoms with Crippen molar-refractivity contribution in [2.75, 3.05) is 5.32 Å². The average molecular weight is 367 g/mol. The first-order chi connectivity index (χ1) is 12.2. The molecule has 0 spiro atoms. The molecule has 0 saturated carbocycles. The summed E-state index contributed by atoms with van der Waals surface area (Å²) in [6.45, 7) is 4.25. The summed E-state index contributed by atoms with van der Waals surface area (Å²) in [5, 5.41) is 9.58. The summed E-state index contributed by atoms with van der Waals surface area (Å²) in [5.41, 5.74) is 4.79. The molecule has 0 aliphatic carbocycles. The van der Waals surface area contributed by atoms with Crippen LogP contribution in [0.15, 0.2) is 66.0 Å². The van der Waals surface area contributed by atoms with E-state index in [4.69, 9.17) is 12.2 Å². The number of anilines is 1. The van der Waals surface area contributed by atoms with Crippen molar-refractivity contribution in [3.8, 4) is 0 Å². The van der Waals surface area contributed by atoms with Gasteiger partial charge in [0, 0.05) is 10.6 Å². The first-order valence-electron chi connectivity index (χ1n) is 8.42. The lowest BCUT2D eigenvalue weighted by atomic mass is 10.0. The molecule has 0 amide bonds. The molecule has 3 aromatic rings. The Bertz CT molecular complexity index is 823. The molecule has 2 aromatic carbocycles. The van der Waals surface area contributed by atoms with Crippen LogP contribution in [0.5, 0.6) is 0 Å². The minimum Gasteiger partial charge on any atom is -0.351 e. The molecule has 0 unspecified atom stereocenters. The third-order valence-corrected chi connectivity index (χ3v) is 5.32. The molecule has 1 aromatic heterocycles. The van der Waals surface area contributed by atoms with Gasteiger partial charge in [0.1, 0.15) is 0 Å². The second-order valence-corrected chi connectivity index (χ2v) is 7.36. The highest BCUT2D eigenvalue weighted by Gasteiger charge is 2.16. The van der Waals surface area contributed by atoms with Gasteiger partial charge in [0.25, 0.3) is 0 Å². The number of thiocarbonyl (C=S) groups is 1. The first kappa shape index (κ1) is 17.6. The Hall–Kier alpha value is -2.17. The third kappa shape index (κ3) is 4.47. The van der Waals surface area contributed by atoms with E-state index >= 15 is 0 Å². The molecule has 2 N–H and O–H groups in total. The average Bonchev–Trinajstić information content (AvgIpc) is 3.15. The Morgan fingerprint density at radius 2 is 1.80 bits per heavy atom. The fourth-order valence-corrected chi connectivity index (χ4v) is 3.80. The number of hydrogen-bond acceptors (Lipinski definition) is 2. The molecule has 0 saturated heterocycles. The zero-order valence-corrected chi connectivity index (χ0v) is 16.1. The van der Waals surface area contributed by atoms with E-state index in [2.05, 4.69) is 84.5 Å². The molecule has 0 radical (unpaired) electrons. The maximum Gasteiger partial charge on any atom is 0.171 e. The van der Waals surface area contributed by atoms with Crippen molar-refractivity contribution < 1.29 is 0 Å². The fraction of sp³-hybridized carbons (Fsp3) is 0.190. The number of para-hydroxylation sites is 1. The standard InChI is InChI=1S/C21H22N2S2/c1-3-16-7-4-5-8-18(16)22-21(24)23-20(19-9-6-14-25-19)17-12-10-15(2)11-13-17/h4-14,20H,3H2,1-2H3,(H2,22,23,24)/t20-/m1/s1. The molecular formula is C21H22N2S2. The van der Waals surface area contributed by atoms with Crippen LogP contribution in [-0.4, -0.2) is 5.11 Å². The van der Waals surface area contributed by atoms with Gasteiger partial charge in [0.2, 0.25) is 0 Å². The van der Waals surface area contributed by atoms with Crippen LogP contribution in [0.1, 0.15) is 34.5 Å². The number of benzene rings is 2. The van der Waals surface area contributed by atoms with E-state index in [-0.39, 0.29) is 6.04 Å². The lowest BCUT2D eigenvalue weighted by molar-refractivity contribution is 0.784. The molecule has 3 rings (SSSR count). The van der Waals surface area contributed by atoms with Gasteiger partial charge in [-0.15, -0.1) is 11.3 Å². The molecule has 0 aliphatic heterocycles. The molecule has 0 aliphatic rings. The van der Waals surface area contributed by atoms with Gasteiger partial charge in [-0.05, 0) is 54.2 Å². The van der Waals surface area contributed by atoms with Crippen LogP contribution in [0.4, 0.5) is 5.69 Å². The Morgan fingerprint density at radius 3 is 2.48 bits per heavy atom. The molecule has 25 heavy (non-hydrogen) atoms. The van der Waals surface area contributed by atoms with Gasteiger partial charge in [-0.3, -0.25) is 0 Å². The first-order valence-corrected chi connectivity index (χ1v) is 9.71. The number of aryl methyl sites for hydroxylation is 2. The molecule has 0 bridgehead atoms. The van der Waals surface area contributed by atoms with Crippen LogP contribution in [0, 0.1) is 6.92 Å². The predicted molar refractivity (Wildman–Crippen MR) is 113 cm³/mol. The van der Waals surface area contributed by atoms with Gasteiger partial charge in [0.05, 0.1) is 6.04 Å². The minimum absolute atomic E-state index is 0.0504. The number of thiophene rings is 1. The molecular weight excluding hydrogens is 344 g/mol. The summed E-state index contributed by atoms with van der Waals surface area (Å²) in [4.78, 5) is 1.25. The van der Waals surface area contributed by atoms with E-state index in [1.807, 2.05) is 6.07 Å². The van der Waals surface area contributed by atoms with E-state index < -0.39 is 0 Å². The topological polar surface area (TPSA) is 24.1 Å². The molecule has 1 heterocycles. The Morgan fingerprint density at radius 1 is 1.04 bits per heavy atom. The molecule has 0 fully saturated rings. The van der Waals surface area contributed by atoms with E-state index in [9.17, 15) is 0 Å². The molecule has 1 atom stereocenters. The van der Waals surface area contributed by atoms with Crippen molar-refractivity contribution >= 4 is 34.4 Å². The van der Waals surface area contributed by atoms with Crippen molar-refractivity contribution in [2.24, 2.45) is 0 Å². The summed E-state index contributed by atoms with van der Waals surface area (Å²) < 4.78 is 0. The quantitative estimate of drug-likeness (QED) is 0.567. The zero-order chi connectivity index (χ0) is 17.6. The van der Waals surface area contributed by atoms with Crippen LogP contribution >= 0.6 is 23.6 Å². The highest BCUT2D eigenvalue weighted by molar-refractivity contribution is 7.80. The normalized spacial score (nSPS) is 11.8. The molecule has 4 heteroatoms. The van der Waals surface area contributed by atoms with Crippen LogP contribution in [-0.2, 0) is 6.42 Å². The summed E-state index contributed by atoms with van der Waals surface area (Å²) in [6.07, 6.45) is 0.970. The van der Waals surface area contributed by atoms with E-state index in [0.717, 1.165) is 12.1 Å². The number of rotatable bonds is 5. The SMILES string of the molecule is CCc1ccccc1NC(=S)N[C@H](c1ccc(C)cc1)c1cccs1. The maximum atomic E-state index is 5.60. The predicted octanol–water partition coefficient (Wildman–Crippen LogP) is 5.69. The van der Waals surface area contributed by atoms with Gasteiger partial charge in [-0.1, -0.05) is 61.0 Å². The highest BCUT2D eigenvalue weighted by Crippen LogP contribution is 2.26. The summed E-state index contributed by atoms with van der Waals surface area (Å²) >= 11 is 7.34. The van der Waals surface area contributed by atoms with E-state index in [1.54, 1.807) is 11.3 Å². The van der Waals surface area contributed by atoms with E-state index in [0.29, 0.717) is 5.11 Å². The maximum absolute atomic E-state index is 5.60. The lowest BCUT2D eigenvalue weighted by Gasteiger charge is -2.21. The summed E-state index contributed by atoms with van der Waals surface area (Å²) in [6, 6.07) is 21.2. The van der Waals surface area contributed by atoms with Crippen molar-refractivity contribution in [3.63, 3.8) is 0 Å². The van der Waals surface area contributed by atoms with Gasteiger partial charge in [-0.2, -0.15) is 0 Å². The van der Waals surface area contributed by atoms with Crippen LogP contribution in [0.25, 0.3) is 0 Å². The third-order valence-electron chi connectivity index (χ3n) is 4.16. The highest BCUT2D eigenvalue weighted by atomic mass is 32.1. The fourth-order valence-electron chi connectivity index (χ4n) is 2.77. The van der Waals surface area contributed by atoms with Crippen molar-refractivity contribution in [2.45, 2.75) is 26.3 Å². The lowest BCUT2D eigenvalue weighted by Crippen LogP contribution is -2.32. The zero-order valence-electron chi connectivity index (χ0n) is 14.5. The van der Waals surface area contributed by atoms with Crippen molar-refractivity contribution in [3.05, 3.63) is 87.6 Å². The van der Waals surface area contributed by atoms with Gasteiger partial charge < -0.3 is 10.6 Å². The summed E-state index contributed by atoms with van der Waals surface area (Å²) in [5.74, 6) is 0. The molecule has 2 nitrogen and oxygen atoms in total. The van der Waals surface area contributed by atoms with Gasteiger partial charge in [-0.25, -0.2) is 0 Å². The smallest absolute Gasteiger partial charge is 0.171 e. The van der Waals surface area contributed by atoms with Gasteiger partial charge in [0.15, 0.2) is 5.11 Å².